The van der Waals surface area contributed by atoms with Gasteiger partial charge in [-0.2, -0.15) is 0 Å². The summed E-state index contributed by atoms with van der Waals surface area (Å²) in [4.78, 5) is 13.9. The molecule has 2 N–H and O–H groups in total. The molecule has 0 aromatic heterocycles. The van der Waals surface area contributed by atoms with Crippen molar-refractivity contribution >= 4 is 17.2 Å². The lowest BCUT2D eigenvalue weighted by molar-refractivity contribution is 0.101. The molecule has 1 atom stereocenters. The van der Waals surface area contributed by atoms with Gasteiger partial charge in [-0.15, -0.1) is 0 Å². The Morgan fingerprint density at radius 2 is 2.28 bits per heavy atom. The molecule has 1 aliphatic heterocycles. The molecule has 0 radical (unpaired) electrons. The normalized spacial score (nSPS) is 19.9. The van der Waals surface area contributed by atoms with Gasteiger partial charge in [0.1, 0.15) is 0 Å². The predicted molar refractivity (Wildman–Crippen MR) is 76.1 cm³/mol. The minimum absolute atomic E-state index is 0.0402. The van der Waals surface area contributed by atoms with Gasteiger partial charge in [0.2, 0.25) is 0 Å². The monoisotopic (exact) mass is 246 g/mol. The van der Waals surface area contributed by atoms with Gasteiger partial charge in [0.05, 0.1) is 0 Å². The molecule has 1 unspecified atom stereocenters. The van der Waals surface area contributed by atoms with Crippen molar-refractivity contribution in [2.24, 2.45) is 5.92 Å². The summed E-state index contributed by atoms with van der Waals surface area (Å²) in [5.74, 6) is 0.815. The van der Waals surface area contributed by atoms with Gasteiger partial charge in [-0.05, 0) is 43.9 Å². The Morgan fingerprint density at radius 3 is 2.94 bits per heavy atom. The fraction of sp³-hybridized carbons (Fsp3) is 0.533. The van der Waals surface area contributed by atoms with Crippen molar-refractivity contribution in [1.82, 2.24) is 0 Å². The van der Waals surface area contributed by atoms with E-state index in [0.29, 0.717) is 11.3 Å². The zero-order valence-electron chi connectivity index (χ0n) is 11.3. The van der Waals surface area contributed by atoms with Crippen LogP contribution in [0.4, 0.5) is 11.4 Å². The number of rotatable bonds is 3. The van der Waals surface area contributed by atoms with E-state index < -0.39 is 0 Å². The number of Topliss-reactive ketones (excluding diaryl/α,β-unsaturated/α-hetero) is 1. The first kappa shape index (κ1) is 12.9. The topological polar surface area (TPSA) is 46.3 Å². The maximum atomic E-state index is 11.5. The second-order valence-electron chi connectivity index (χ2n) is 5.19. The molecule has 98 valence electrons. The molecule has 1 heterocycles. The van der Waals surface area contributed by atoms with Crippen molar-refractivity contribution in [3.63, 3.8) is 0 Å². The molecule has 1 aliphatic rings. The van der Waals surface area contributed by atoms with Crippen molar-refractivity contribution in [3.8, 4) is 0 Å². The highest BCUT2D eigenvalue weighted by atomic mass is 16.1. The smallest absolute Gasteiger partial charge is 0.161 e. The summed E-state index contributed by atoms with van der Waals surface area (Å²) in [6, 6.07) is 5.82. The third-order valence-electron chi connectivity index (χ3n) is 3.88. The van der Waals surface area contributed by atoms with Crippen molar-refractivity contribution in [3.05, 3.63) is 23.8 Å². The number of benzene rings is 1. The number of hydrogen-bond acceptors (Lipinski definition) is 3. The van der Waals surface area contributed by atoms with Gasteiger partial charge in [-0.1, -0.05) is 13.3 Å². The van der Waals surface area contributed by atoms with Gasteiger partial charge in [0.15, 0.2) is 5.78 Å². The number of nitrogens with two attached hydrogens (primary N) is 1. The number of hydrogen-bond donors (Lipinski definition) is 1. The SMILES string of the molecule is CCC1CCCN(c2ccc(N)c(C(C)=O)c2)C1. The molecule has 0 bridgehead atoms. The number of nitrogen functional groups attached to an aromatic ring is 1. The maximum Gasteiger partial charge on any atom is 0.161 e. The number of nitrogens with zero attached hydrogens (tertiary/aromatic N) is 1. The molecular weight excluding hydrogens is 224 g/mol. The zero-order chi connectivity index (χ0) is 13.1. The first-order valence-corrected chi connectivity index (χ1v) is 6.77. The van der Waals surface area contributed by atoms with Crippen molar-refractivity contribution in [2.45, 2.75) is 33.1 Å². The van der Waals surface area contributed by atoms with E-state index in [9.17, 15) is 4.79 Å². The largest absolute Gasteiger partial charge is 0.398 e. The van der Waals surface area contributed by atoms with Crippen LogP contribution in [0.25, 0.3) is 0 Å². The number of anilines is 2. The summed E-state index contributed by atoms with van der Waals surface area (Å²) in [6.45, 7) is 5.99. The third kappa shape index (κ3) is 2.66. The van der Waals surface area contributed by atoms with E-state index >= 15 is 0 Å². The molecule has 2 rings (SSSR count). The van der Waals surface area contributed by atoms with Crippen LogP contribution in [0.15, 0.2) is 18.2 Å². The van der Waals surface area contributed by atoms with E-state index in [1.807, 2.05) is 18.2 Å². The van der Waals surface area contributed by atoms with Crippen LogP contribution in [0.3, 0.4) is 0 Å². The maximum absolute atomic E-state index is 11.5. The average molecular weight is 246 g/mol. The Kier molecular flexibility index (Phi) is 3.90. The van der Waals surface area contributed by atoms with Crippen LogP contribution < -0.4 is 10.6 Å². The summed E-state index contributed by atoms with van der Waals surface area (Å²) >= 11 is 0. The first-order valence-electron chi connectivity index (χ1n) is 6.77. The van der Waals surface area contributed by atoms with Crippen molar-refractivity contribution in [1.29, 1.82) is 0 Å². The molecule has 1 aromatic rings. The minimum Gasteiger partial charge on any atom is -0.398 e. The van der Waals surface area contributed by atoms with Crippen molar-refractivity contribution in [2.75, 3.05) is 23.7 Å². The first-order chi connectivity index (χ1) is 8.61. The van der Waals surface area contributed by atoms with Crippen LogP contribution in [-0.2, 0) is 0 Å². The van der Waals surface area contributed by atoms with Crippen LogP contribution >= 0.6 is 0 Å². The number of carbonyl (C=O) groups is 1. The van der Waals surface area contributed by atoms with E-state index in [0.717, 1.165) is 24.7 Å². The Balaban J connectivity index is 2.22. The summed E-state index contributed by atoms with van der Waals surface area (Å²) in [5.41, 5.74) is 8.19. The van der Waals surface area contributed by atoms with E-state index in [4.69, 9.17) is 5.73 Å². The van der Waals surface area contributed by atoms with Gasteiger partial charge in [-0.25, -0.2) is 0 Å². The molecule has 3 nitrogen and oxygen atoms in total. The highest BCUT2D eigenvalue weighted by molar-refractivity contribution is 6.00. The Bertz CT molecular complexity index is 442. The highest BCUT2D eigenvalue weighted by Crippen LogP contribution is 2.27. The molecular formula is C15H22N2O. The summed E-state index contributed by atoms with van der Waals surface area (Å²) < 4.78 is 0. The number of carbonyl (C=O) groups excluding carboxylic acids is 1. The van der Waals surface area contributed by atoms with E-state index in [-0.39, 0.29) is 5.78 Å². The molecule has 1 saturated heterocycles. The highest BCUT2D eigenvalue weighted by Gasteiger charge is 2.19. The standard InChI is InChI=1S/C15H22N2O/c1-3-12-5-4-8-17(10-12)13-6-7-15(16)14(9-13)11(2)18/h6-7,9,12H,3-5,8,10,16H2,1-2H3. The summed E-state index contributed by atoms with van der Waals surface area (Å²) in [7, 11) is 0. The molecule has 18 heavy (non-hydrogen) atoms. The second-order valence-corrected chi connectivity index (χ2v) is 5.19. The molecule has 0 spiro atoms. The van der Waals surface area contributed by atoms with Gasteiger partial charge in [0, 0.05) is 30.0 Å². The third-order valence-corrected chi connectivity index (χ3v) is 3.88. The van der Waals surface area contributed by atoms with Gasteiger partial charge < -0.3 is 10.6 Å². The van der Waals surface area contributed by atoms with E-state index in [1.165, 1.54) is 19.3 Å². The minimum atomic E-state index is 0.0402. The Morgan fingerprint density at radius 1 is 1.50 bits per heavy atom. The summed E-state index contributed by atoms with van der Waals surface area (Å²) in [5, 5.41) is 0. The molecule has 1 fully saturated rings. The lowest BCUT2D eigenvalue weighted by Crippen LogP contribution is -2.35. The quantitative estimate of drug-likeness (QED) is 0.658. The van der Waals surface area contributed by atoms with E-state index in [2.05, 4.69) is 11.8 Å². The van der Waals surface area contributed by atoms with Crippen LogP contribution in [0, 0.1) is 5.92 Å². The zero-order valence-corrected chi connectivity index (χ0v) is 11.3. The van der Waals surface area contributed by atoms with Gasteiger partial charge >= 0.3 is 0 Å². The Labute approximate surface area is 109 Å². The molecule has 1 aromatic carbocycles. The Hall–Kier alpha value is -1.51. The summed E-state index contributed by atoms with van der Waals surface area (Å²) in [6.07, 6.45) is 3.78. The fourth-order valence-electron chi connectivity index (χ4n) is 2.68. The molecule has 0 amide bonds. The van der Waals surface area contributed by atoms with Crippen LogP contribution in [0.1, 0.15) is 43.5 Å². The molecule has 3 heteroatoms. The second kappa shape index (κ2) is 5.42. The number of ketones is 1. The van der Waals surface area contributed by atoms with Crippen molar-refractivity contribution < 1.29 is 4.79 Å². The lowest BCUT2D eigenvalue weighted by atomic mass is 9.95. The molecule has 0 aliphatic carbocycles. The fourth-order valence-corrected chi connectivity index (χ4v) is 2.68. The number of piperidine rings is 1. The van der Waals surface area contributed by atoms with Crippen LogP contribution in [-0.4, -0.2) is 18.9 Å². The van der Waals surface area contributed by atoms with Crippen LogP contribution in [0.5, 0.6) is 0 Å². The van der Waals surface area contributed by atoms with Gasteiger partial charge in [0.25, 0.3) is 0 Å². The predicted octanol–water partition coefficient (Wildman–Crippen LogP) is 3.10. The lowest BCUT2D eigenvalue weighted by Gasteiger charge is -2.34. The average Bonchev–Trinajstić information content (AvgIpc) is 2.39. The molecule has 0 saturated carbocycles. The van der Waals surface area contributed by atoms with E-state index in [1.54, 1.807) is 6.92 Å². The van der Waals surface area contributed by atoms with Crippen LogP contribution in [0.2, 0.25) is 0 Å². The van der Waals surface area contributed by atoms with Gasteiger partial charge in [-0.3, -0.25) is 4.79 Å².